The van der Waals surface area contributed by atoms with Crippen molar-refractivity contribution in [2.45, 2.75) is 22.9 Å². The van der Waals surface area contributed by atoms with Gasteiger partial charge < -0.3 is 9.88 Å². The van der Waals surface area contributed by atoms with Crippen molar-refractivity contribution < 1.29 is 9.18 Å². The lowest BCUT2D eigenvalue weighted by atomic mass is 10.1. The van der Waals surface area contributed by atoms with Crippen LogP contribution in [0.5, 0.6) is 0 Å². The maximum Gasteiger partial charge on any atom is 0.269 e. The molecule has 2 rings (SSSR count). The van der Waals surface area contributed by atoms with Crippen LogP contribution in [-0.2, 0) is 11.3 Å². The van der Waals surface area contributed by atoms with E-state index < -0.39 is 22.2 Å². The Hall–Kier alpha value is -1.23. The van der Waals surface area contributed by atoms with Gasteiger partial charge in [0, 0.05) is 6.20 Å². The maximum atomic E-state index is 12.4. The number of halogens is 3. The fourth-order valence-electron chi connectivity index (χ4n) is 2.07. The van der Waals surface area contributed by atoms with Gasteiger partial charge in [0.1, 0.15) is 11.7 Å². The number of aromatic nitrogens is 1. The first kappa shape index (κ1) is 17.1. The highest BCUT2D eigenvalue weighted by Crippen LogP contribution is 2.40. The fraction of sp³-hybridized carbons (Fsp3) is 0.462. The zero-order valence-corrected chi connectivity index (χ0v) is 13.6. The summed E-state index contributed by atoms with van der Waals surface area (Å²) in [6.07, 6.45) is 1.70. The van der Waals surface area contributed by atoms with Gasteiger partial charge in [-0.05, 0) is 12.5 Å². The number of nitriles is 1. The quantitative estimate of drug-likeness (QED) is 0.834. The third-order valence-electron chi connectivity index (χ3n) is 3.17. The van der Waals surface area contributed by atoms with Gasteiger partial charge in [-0.25, -0.2) is 4.39 Å². The number of anilines is 1. The van der Waals surface area contributed by atoms with Gasteiger partial charge in [0.05, 0.1) is 34.2 Å². The van der Waals surface area contributed by atoms with Crippen LogP contribution in [0.3, 0.4) is 0 Å². The van der Waals surface area contributed by atoms with Gasteiger partial charge in [0.2, 0.25) is 5.91 Å². The van der Waals surface area contributed by atoms with Crippen molar-refractivity contribution in [3.05, 3.63) is 27.6 Å². The van der Waals surface area contributed by atoms with Crippen LogP contribution in [0.1, 0.15) is 6.42 Å². The number of aryl methyl sites for hydroxylation is 1. The molecule has 3 atom stereocenters. The third-order valence-corrected chi connectivity index (χ3v) is 5.38. The molecule has 1 aliphatic heterocycles. The molecule has 1 saturated heterocycles. The van der Waals surface area contributed by atoms with Crippen LogP contribution in [0, 0.1) is 17.2 Å². The highest BCUT2D eigenvalue weighted by atomic mass is 35.5. The highest BCUT2D eigenvalue weighted by molar-refractivity contribution is 8.02. The average molecular weight is 364 g/mol. The van der Waals surface area contributed by atoms with E-state index in [1.165, 1.54) is 24.0 Å². The van der Waals surface area contributed by atoms with Crippen molar-refractivity contribution in [2.75, 3.05) is 12.0 Å². The smallest absolute Gasteiger partial charge is 0.269 e. The van der Waals surface area contributed by atoms with E-state index in [4.69, 9.17) is 28.5 Å². The van der Waals surface area contributed by atoms with Crippen molar-refractivity contribution in [1.82, 2.24) is 4.57 Å². The molecule has 9 heteroatoms. The predicted molar refractivity (Wildman–Crippen MR) is 85.1 cm³/mol. The van der Waals surface area contributed by atoms with E-state index in [2.05, 4.69) is 11.4 Å². The summed E-state index contributed by atoms with van der Waals surface area (Å²) >= 11 is 13.0. The van der Waals surface area contributed by atoms with Crippen molar-refractivity contribution in [3.8, 4) is 6.07 Å². The third kappa shape index (κ3) is 3.75. The molecule has 0 saturated carbocycles. The number of carbonyl (C=O) groups excluding carboxylic acids is 1. The van der Waals surface area contributed by atoms with Crippen LogP contribution in [0.4, 0.5) is 10.1 Å². The first-order chi connectivity index (χ1) is 10.5. The number of rotatable bonds is 4. The molecule has 1 amide bonds. The lowest BCUT2D eigenvalue weighted by molar-refractivity contribution is -0.115. The van der Waals surface area contributed by atoms with E-state index >= 15 is 0 Å². The molecule has 0 radical (unpaired) electrons. The summed E-state index contributed by atoms with van der Waals surface area (Å²) in [6, 6.07) is 3.38. The maximum absolute atomic E-state index is 12.4. The van der Waals surface area contributed by atoms with E-state index in [0.29, 0.717) is 12.1 Å². The zero-order valence-electron chi connectivity index (χ0n) is 11.3. The number of hydrogen-bond donors (Lipinski definition) is 1. The Kier molecular flexibility index (Phi) is 5.73. The van der Waals surface area contributed by atoms with Gasteiger partial charge in [-0.15, -0.1) is 23.4 Å². The molecule has 1 aliphatic rings. The summed E-state index contributed by atoms with van der Waals surface area (Å²) in [5.74, 6) is -0.707. The van der Waals surface area contributed by atoms with Gasteiger partial charge in [0.25, 0.3) is 5.56 Å². The molecular weight excluding hydrogens is 352 g/mol. The van der Waals surface area contributed by atoms with Crippen molar-refractivity contribution in [3.63, 3.8) is 0 Å². The SMILES string of the molecule is N#CC1CC(C(=O)Nc2cc(Cl)c(=O)n(CCF)c2)SC1Cl. The number of thioether (sulfide) groups is 1. The molecular formula is C13H12Cl2FN3O2S. The minimum atomic E-state index is -0.718. The van der Waals surface area contributed by atoms with Gasteiger partial charge in [-0.3, -0.25) is 9.59 Å². The number of nitrogens with zero attached hydrogens (tertiary/aromatic N) is 2. The second-order valence-electron chi connectivity index (χ2n) is 4.70. The van der Waals surface area contributed by atoms with Crippen LogP contribution in [-0.4, -0.2) is 27.1 Å². The molecule has 1 aromatic heterocycles. The summed E-state index contributed by atoms with van der Waals surface area (Å²) in [5.41, 5.74) is -0.215. The van der Waals surface area contributed by atoms with Gasteiger partial charge in [0.15, 0.2) is 0 Å². The van der Waals surface area contributed by atoms with Crippen molar-refractivity contribution in [1.29, 1.82) is 5.26 Å². The second kappa shape index (κ2) is 7.36. The highest BCUT2D eigenvalue weighted by Gasteiger charge is 2.37. The molecule has 3 unspecified atom stereocenters. The molecule has 1 N–H and O–H groups in total. The lowest BCUT2D eigenvalue weighted by Gasteiger charge is -2.12. The number of alkyl halides is 2. The van der Waals surface area contributed by atoms with Crippen molar-refractivity contribution >= 4 is 46.6 Å². The summed E-state index contributed by atoms with van der Waals surface area (Å²) in [4.78, 5) is 23.9. The zero-order chi connectivity index (χ0) is 16.3. The van der Waals surface area contributed by atoms with E-state index in [-0.39, 0.29) is 23.4 Å². The molecule has 118 valence electrons. The lowest BCUT2D eigenvalue weighted by Crippen LogP contribution is -2.26. The molecule has 0 aliphatic carbocycles. The largest absolute Gasteiger partial charge is 0.324 e. The van der Waals surface area contributed by atoms with Crippen LogP contribution in [0.25, 0.3) is 0 Å². The molecule has 0 aromatic carbocycles. The molecule has 1 fully saturated rings. The summed E-state index contributed by atoms with van der Waals surface area (Å²) in [5, 5.41) is 11.0. The topological polar surface area (TPSA) is 74.9 Å². The van der Waals surface area contributed by atoms with Gasteiger partial charge >= 0.3 is 0 Å². The van der Waals surface area contributed by atoms with Gasteiger partial charge in [-0.1, -0.05) is 11.6 Å². The molecule has 5 nitrogen and oxygen atoms in total. The van der Waals surface area contributed by atoms with Crippen molar-refractivity contribution in [2.24, 2.45) is 5.92 Å². The average Bonchev–Trinajstić information content (AvgIpc) is 2.85. The summed E-state index contributed by atoms with van der Waals surface area (Å²) < 4.78 is 13.1. The van der Waals surface area contributed by atoms with Crippen LogP contribution < -0.4 is 10.9 Å². The fourth-order valence-corrected chi connectivity index (χ4v) is 4.01. The Bertz CT molecular complexity index is 676. The monoisotopic (exact) mass is 363 g/mol. The Labute approximate surface area is 140 Å². The van der Waals surface area contributed by atoms with E-state index in [0.717, 1.165) is 4.57 Å². The number of pyridine rings is 1. The molecule has 2 heterocycles. The Morgan fingerprint density at radius 2 is 2.36 bits per heavy atom. The van der Waals surface area contributed by atoms with E-state index in [1.807, 2.05) is 0 Å². The Morgan fingerprint density at radius 3 is 2.95 bits per heavy atom. The Balaban J connectivity index is 2.13. The summed E-state index contributed by atoms with van der Waals surface area (Å²) in [6.45, 7) is -0.857. The van der Waals surface area contributed by atoms with Crippen LogP contribution >= 0.6 is 35.0 Å². The normalized spacial score (nSPS) is 24.0. The first-order valence-electron chi connectivity index (χ1n) is 6.42. The van der Waals surface area contributed by atoms with Crippen LogP contribution in [0.2, 0.25) is 5.02 Å². The Morgan fingerprint density at radius 1 is 1.64 bits per heavy atom. The molecule has 22 heavy (non-hydrogen) atoms. The number of amides is 1. The van der Waals surface area contributed by atoms with E-state index in [9.17, 15) is 14.0 Å². The molecule has 0 bridgehead atoms. The summed E-state index contributed by atoms with van der Waals surface area (Å²) in [7, 11) is 0. The predicted octanol–water partition coefficient (Wildman–Crippen LogP) is 2.62. The first-order valence-corrected chi connectivity index (χ1v) is 8.18. The minimum Gasteiger partial charge on any atom is -0.324 e. The standard InChI is InChI=1S/C13H12Cl2FN3O2S/c14-9-4-8(6-19(2-1-16)13(9)21)18-12(20)10-3-7(5-17)11(15)22-10/h4,6-7,10-11H,1-3H2,(H,18,20). The van der Waals surface area contributed by atoms with E-state index in [1.54, 1.807) is 0 Å². The minimum absolute atomic E-state index is 0.101. The number of carbonyl (C=O) groups is 1. The number of nitrogens with one attached hydrogen (secondary N) is 1. The molecule has 0 spiro atoms. The number of hydrogen-bond acceptors (Lipinski definition) is 4. The molecule has 1 aromatic rings. The van der Waals surface area contributed by atoms with Gasteiger partial charge in [-0.2, -0.15) is 5.26 Å². The van der Waals surface area contributed by atoms with Crippen LogP contribution in [0.15, 0.2) is 17.1 Å². The second-order valence-corrected chi connectivity index (χ2v) is 7.19.